The Balaban J connectivity index is 1.46. The van der Waals surface area contributed by atoms with Crippen LogP contribution in [0.25, 0.3) is 21.3 Å². The minimum absolute atomic E-state index is 0.0650. The summed E-state index contributed by atoms with van der Waals surface area (Å²) in [6.45, 7) is -0.148. The molecule has 3 aromatic carbocycles. The normalized spacial score (nSPS) is 11.5. The number of aromatic carboxylic acids is 1. The van der Waals surface area contributed by atoms with Gasteiger partial charge in [0.1, 0.15) is 5.01 Å². The lowest BCUT2D eigenvalue weighted by atomic mass is 10.1. The molecule has 1 aromatic heterocycles. The van der Waals surface area contributed by atoms with Crippen molar-refractivity contribution in [3.05, 3.63) is 82.9 Å². The Bertz CT molecular complexity index is 1530. The van der Waals surface area contributed by atoms with Gasteiger partial charge in [-0.15, -0.1) is 11.3 Å². The number of nitrogens with one attached hydrogen (secondary N) is 2. The number of hydrogen-bond acceptors (Lipinski definition) is 7. The topological polar surface area (TPSA) is 146 Å². The molecule has 0 aliphatic heterocycles. The van der Waals surface area contributed by atoms with Crippen molar-refractivity contribution in [1.29, 1.82) is 0 Å². The summed E-state index contributed by atoms with van der Waals surface area (Å²) in [6.07, 6.45) is 0.0809. The molecule has 11 heteroatoms. The van der Waals surface area contributed by atoms with E-state index in [4.69, 9.17) is 10.2 Å². The molecule has 0 unspecified atom stereocenters. The van der Waals surface area contributed by atoms with Gasteiger partial charge in [0, 0.05) is 13.1 Å². The lowest BCUT2D eigenvalue weighted by Crippen LogP contribution is -2.26. The molecule has 4 aromatic rings. The molecule has 4 rings (SSSR count). The lowest BCUT2D eigenvalue weighted by Gasteiger charge is -2.08. The number of aromatic nitrogens is 1. The van der Waals surface area contributed by atoms with E-state index in [2.05, 4.69) is 15.0 Å². The molecule has 0 radical (unpaired) electrons. The molecule has 0 bridgehead atoms. The largest absolute Gasteiger partial charge is 0.478 e. The number of carboxylic acid groups (broad SMARTS) is 1. The van der Waals surface area contributed by atoms with Gasteiger partial charge in [0.2, 0.25) is 15.9 Å². The van der Waals surface area contributed by atoms with E-state index in [9.17, 15) is 18.0 Å². The van der Waals surface area contributed by atoms with Crippen LogP contribution in [0.1, 0.15) is 20.9 Å². The number of carbonyl (C=O) groups excluding carboxylic acids is 1. The first-order valence-electron chi connectivity index (χ1n) is 10.9. The molecular weight excluding hydrogens is 502 g/mol. The van der Waals surface area contributed by atoms with Crippen molar-refractivity contribution >= 4 is 43.5 Å². The number of thiazole rings is 1. The van der Waals surface area contributed by atoms with Gasteiger partial charge in [0.15, 0.2) is 0 Å². The molecule has 0 aliphatic rings. The Hall–Kier alpha value is -3.64. The number of nitrogens with zero attached hydrogens (tertiary/aromatic N) is 1. The molecule has 0 aliphatic carbocycles. The summed E-state index contributed by atoms with van der Waals surface area (Å²) < 4.78 is 28.0. The predicted molar refractivity (Wildman–Crippen MR) is 136 cm³/mol. The van der Waals surface area contributed by atoms with Gasteiger partial charge in [-0.1, -0.05) is 30.3 Å². The van der Waals surface area contributed by atoms with Crippen LogP contribution >= 0.6 is 11.3 Å². The Morgan fingerprint density at radius 2 is 1.75 bits per heavy atom. The van der Waals surface area contributed by atoms with E-state index < -0.39 is 16.0 Å². The highest BCUT2D eigenvalue weighted by Gasteiger charge is 2.15. The average Bonchev–Trinajstić information content (AvgIpc) is 3.28. The van der Waals surface area contributed by atoms with Gasteiger partial charge >= 0.3 is 5.97 Å². The van der Waals surface area contributed by atoms with Crippen LogP contribution in [0.3, 0.4) is 0 Å². The highest BCUT2D eigenvalue weighted by atomic mass is 32.2. The molecule has 0 saturated heterocycles. The molecule has 0 fully saturated rings. The van der Waals surface area contributed by atoms with Gasteiger partial charge in [0.25, 0.3) is 0 Å². The smallest absolute Gasteiger partial charge is 0.335 e. The SMILES string of the molecule is O=C(Cc1nc2ccc(-c3cccc(S(=O)(=O)NCCO)c3)cc2s1)NCc1cccc(C(=O)O)c1. The number of aliphatic hydroxyl groups excluding tert-OH is 1. The fraction of sp³-hybridized carbons (Fsp3) is 0.160. The zero-order chi connectivity index (χ0) is 25.7. The number of amides is 1. The van der Waals surface area contributed by atoms with E-state index >= 15 is 0 Å². The lowest BCUT2D eigenvalue weighted by molar-refractivity contribution is -0.120. The highest BCUT2D eigenvalue weighted by Crippen LogP contribution is 2.29. The molecule has 36 heavy (non-hydrogen) atoms. The van der Waals surface area contributed by atoms with Crippen LogP contribution in [0, 0.1) is 0 Å². The Kier molecular flexibility index (Phi) is 7.75. The summed E-state index contributed by atoms with van der Waals surface area (Å²) in [5.74, 6) is -1.26. The number of aliphatic hydroxyl groups is 1. The van der Waals surface area contributed by atoms with Crippen LogP contribution in [-0.4, -0.2) is 48.6 Å². The first-order chi connectivity index (χ1) is 17.2. The fourth-order valence-corrected chi connectivity index (χ4v) is 5.62. The molecule has 1 amide bonds. The molecular formula is C25H23N3O6S2. The minimum atomic E-state index is -3.73. The first kappa shape index (κ1) is 25.5. The van der Waals surface area contributed by atoms with Gasteiger partial charge in [-0.3, -0.25) is 4.79 Å². The first-order valence-corrected chi connectivity index (χ1v) is 13.2. The molecule has 1 heterocycles. The van der Waals surface area contributed by atoms with Crippen molar-refractivity contribution in [1.82, 2.24) is 15.0 Å². The van der Waals surface area contributed by atoms with Gasteiger partial charge in [-0.2, -0.15) is 0 Å². The van der Waals surface area contributed by atoms with Gasteiger partial charge in [0.05, 0.1) is 33.7 Å². The summed E-state index contributed by atoms with van der Waals surface area (Å²) in [5.41, 5.74) is 3.09. The van der Waals surface area contributed by atoms with Gasteiger partial charge in [-0.25, -0.2) is 22.9 Å². The summed E-state index contributed by atoms with van der Waals surface area (Å²) in [4.78, 5) is 28.2. The Morgan fingerprint density at radius 1 is 0.972 bits per heavy atom. The fourth-order valence-electron chi connectivity index (χ4n) is 3.55. The number of carbonyl (C=O) groups is 2. The molecule has 186 valence electrons. The van der Waals surface area contributed by atoms with Crippen LogP contribution in [0.15, 0.2) is 71.6 Å². The number of hydrogen-bond donors (Lipinski definition) is 4. The Morgan fingerprint density at radius 3 is 2.53 bits per heavy atom. The third-order valence-corrected chi connectivity index (χ3v) is 7.77. The van der Waals surface area contributed by atoms with Crippen LogP contribution < -0.4 is 10.0 Å². The quantitative estimate of drug-likeness (QED) is 0.249. The third kappa shape index (κ3) is 6.13. The average molecular weight is 526 g/mol. The number of rotatable bonds is 10. The maximum absolute atomic E-state index is 12.4. The monoisotopic (exact) mass is 525 g/mol. The zero-order valence-corrected chi connectivity index (χ0v) is 20.6. The van der Waals surface area contributed by atoms with E-state index in [0.29, 0.717) is 16.1 Å². The van der Waals surface area contributed by atoms with Crippen LogP contribution in [0.2, 0.25) is 0 Å². The van der Waals surface area contributed by atoms with Gasteiger partial charge in [-0.05, 0) is 53.1 Å². The van der Waals surface area contributed by atoms with Crippen LogP contribution in [0.5, 0.6) is 0 Å². The second-order valence-corrected chi connectivity index (χ2v) is 10.8. The van der Waals surface area contributed by atoms with E-state index in [1.807, 2.05) is 18.2 Å². The number of benzene rings is 3. The van der Waals surface area contributed by atoms with E-state index in [1.165, 1.54) is 29.5 Å². The van der Waals surface area contributed by atoms with Crippen molar-refractivity contribution in [3.63, 3.8) is 0 Å². The van der Waals surface area contributed by atoms with Gasteiger partial charge < -0.3 is 15.5 Å². The second-order valence-electron chi connectivity index (χ2n) is 7.90. The molecule has 0 atom stereocenters. The number of sulfonamides is 1. The standard InChI is InChI=1S/C25H23N3O6S2/c29-10-9-27-36(33,34)20-6-2-4-17(12-20)18-7-8-21-22(13-18)35-24(28-21)14-23(30)26-15-16-3-1-5-19(11-16)25(31)32/h1-8,11-13,27,29H,9-10,14-15H2,(H,26,30)(H,31,32). The molecule has 0 spiro atoms. The van der Waals surface area contributed by atoms with Crippen molar-refractivity contribution in [2.75, 3.05) is 13.2 Å². The highest BCUT2D eigenvalue weighted by molar-refractivity contribution is 7.89. The molecule has 0 saturated carbocycles. The van der Waals surface area contributed by atoms with Crippen molar-refractivity contribution < 1.29 is 28.2 Å². The second kappa shape index (κ2) is 11.0. The molecule has 4 N–H and O–H groups in total. The van der Waals surface area contributed by atoms with E-state index in [0.717, 1.165) is 15.8 Å². The summed E-state index contributed by atoms with van der Waals surface area (Å²) in [7, 11) is -3.73. The van der Waals surface area contributed by atoms with Crippen molar-refractivity contribution in [2.24, 2.45) is 0 Å². The van der Waals surface area contributed by atoms with Crippen LogP contribution in [-0.2, 0) is 27.8 Å². The van der Waals surface area contributed by atoms with Crippen molar-refractivity contribution in [2.45, 2.75) is 17.9 Å². The maximum Gasteiger partial charge on any atom is 0.335 e. The zero-order valence-electron chi connectivity index (χ0n) is 19.0. The number of carboxylic acids is 1. The van der Waals surface area contributed by atoms with Crippen molar-refractivity contribution in [3.8, 4) is 11.1 Å². The molecule has 9 nitrogen and oxygen atoms in total. The number of fused-ring (bicyclic) bond motifs is 1. The maximum atomic E-state index is 12.4. The summed E-state index contributed by atoms with van der Waals surface area (Å²) >= 11 is 1.38. The summed E-state index contributed by atoms with van der Waals surface area (Å²) in [6, 6.07) is 18.5. The van der Waals surface area contributed by atoms with E-state index in [-0.39, 0.29) is 42.5 Å². The minimum Gasteiger partial charge on any atom is -0.478 e. The van der Waals surface area contributed by atoms with Crippen LogP contribution in [0.4, 0.5) is 0 Å². The third-order valence-electron chi connectivity index (χ3n) is 5.29. The Labute approximate surface area is 211 Å². The predicted octanol–water partition coefficient (Wildman–Crippen LogP) is 2.79. The van der Waals surface area contributed by atoms with E-state index in [1.54, 1.807) is 30.3 Å². The summed E-state index contributed by atoms with van der Waals surface area (Å²) in [5, 5.41) is 21.4.